The summed E-state index contributed by atoms with van der Waals surface area (Å²) in [5.74, 6) is -0.0571. The Morgan fingerprint density at radius 3 is 2.60 bits per heavy atom. The number of nitrogens with one attached hydrogen (secondary N) is 1. The van der Waals surface area contributed by atoms with E-state index in [1.807, 2.05) is 12.1 Å². The maximum absolute atomic E-state index is 12.5. The van der Waals surface area contributed by atoms with Gasteiger partial charge in [-0.3, -0.25) is 19.8 Å². The lowest BCUT2D eigenvalue weighted by Crippen LogP contribution is -2.53. The molecule has 1 aliphatic rings. The molecule has 0 radical (unpaired) electrons. The molecule has 5 nitrogen and oxygen atoms in total. The minimum atomic E-state index is -0.556. The molecule has 3 rings (SSSR count). The summed E-state index contributed by atoms with van der Waals surface area (Å²) in [7, 11) is 0. The maximum atomic E-state index is 12.5. The van der Waals surface area contributed by atoms with E-state index in [9.17, 15) is 9.59 Å². The minimum absolute atomic E-state index is 0.0487. The van der Waals surface area contributed by atoms with Gasteiger partial charge in [-0.25, -0.2) is 0 Å². The van der Waals surface area contributed by atoms with Crippen LogP contribution in [0.15, 0.2) is 59.0 Å². The highest BCUT2D eigenvalue weighted by Gasteiger charge is 2.32. The molecule has 2 aromatic rings. The average molecular weight is 373 g/mol. The van der Waals surface area contributed by atoms with Crippen LogP contribution in [0.4, 0.5) is 0 Å². The Balaban J connectivity index is 1.90. The largest absolute Gasteiger partial charge is 0.457 e. The Labute approximate surface area is 154 Å². The standard InChI is InChI=1S/C18H13ClN2O3S/c1-2-9-21-17(23)14(16(22)20-18(21)25)10-13-7-8-15(24-13)11-3-5-12(19)6-4-11/h2-8,10H,1,9H2,(H,20,22,25)/b14-10+. The van der Waals surface area contributed by atoms with Crippen LogP contribution in [0.2, 0.25) is 5.02 Å². The third kappa shape index (κ3) is 3.55. The maximum Gasteiger partial charge on any atom is 0.266 e. The summed E-state index contributed by atoms with van der Waals surface area (Å²) in [6.45, 7) is 3.79. The topological polar surface area (TPSA) is 62.6 Å². The number of halogens is 1. The normalized spacial score (nSPS) is 16.3. The first-order valence-electron chi connectivity index (χ1n) is 7.35. The lowest BCUT2D eigenvalue weighted by molar-refractivity contribution is -0.128. The molecule has 2 amide bonds. The van der Waals surface area contributed by atoms with Gasteiger partial charge in [0.2, 0.25) is 0 Å². The van der Waals surface area contributed by atoms with Gasteiger partial charge < -0.3 is 4.42 Å². The highest BCUT2D eigenvalue weighted by molar-refractivity contribution is 7.80. The summed E-state index contributed by atoms with van der Waals surface area (Å²) in [6, 6.07) is 10.6. The molecule has 1 fully saturated rings. The predicted octanol–water partition coefficient (Wildman–Crippen LogP) is 3.41. The number of carbonyl (C=O) groups is 2. The van der Waals surface area contributed by atoms with Crippen molar-refractivity contribution in [1.29, 1.82) is 0 Å². The highest BCUT2D eigenvalue weighted by atomic mass is 35.5. The zero-order valence-electron chi connectivity index (χ0n) is 13.0. The van der Waals surface area contributed by atoms with Crippen LogP contribution in [0.5, 0.6) is 0 Å². The molecular weight excluding hydrogens is 360 g/mol. The fraction of sp³-hybridized carbons (Fsp3) is 0.0556. The van der Waals surface area contributed by atoms with Crippen LogP contribution >= 0.6 is 23.8 Å². The van der Waals surface area contributed by atoms with E-state index < -0.39 is 11.8 Å². The van der Waals surface area contributed by atoms with Crippen molar-refractivity contribution in [2.24, 2.45) is 0 Å². The molecule has 2 heterocycles. The van der Waals surface area contributed by atoms with Gasteiger partial charge in [-0.1, -0.05) is 17.7 Å². The number of hydrogen-bond donors (Lipinski definition) is 1. The lowest BCUT2D eigenvalue weighted by atomic mass is 10.1. The zero-order chi connectivity index (χ0) is 18.0. The fourth-order valence-electron chi connectivity index (χ4n) is 2.33. The molecule has 1 aromatic heterocycles. The van der Waals surface area contributed by atoms with Crippen molar-refractivity contribution in [1.82, 2.24) is 10.2 Å². The second kappa shape index (κ2) is 7.04. The van der Waals surface area contributed by atoms with Crippen molar-refractivity contribution in [3.63, 3.8) is 0 Å². The van der Waals surface area contributed by atoms with Gasteiger partial charge in [-0.05, 0) is 54.7 Å². The van der Waals surface area contributed by atoms with Gasteiger partial charge in [0.05, 0.1) is 0 Å². The summed E-state index contributed by atoms with van der Waals surface area (Å²) in [4.78, 5) is 25.8. The monoisotopic (exact) mass is 372 g/mol. The molecule has 126 valence electrons. The Morgan fingerprint density at radius 1 is 1.20 bits per heavy atom. The number of nitrogens with zero attached hydrogens (tertiary/aromatic N) is 1. The van der Waals surface area contributed by atoms with Crippen molar-refractivity contribution in [3.8, 4) is 11.3 Å². The molecule has 1 aliphatic heterocycles. The second-order valence-electron chi connectivity index (χ2n) is 5.23. The number of benzene rings is 1. The first-order valence-corrected chi connectivity index (χ1v) is 8.14. The third-order valence-corrected chi connectivity index (χ3v) is 4.11. The number of amides is 2. The van der Waals surface area contributed by atoms with Crippen LogP contribution in [0.3, 0.4) is 0 Å². The molecule has 25 heavy (non-hydrogen) atoms. The van der Waals surface area contributed by atoms with Crippen LogP contribution in [-0.4, -0.2) is 28.4 Å². The van der Waals surface area contributed by atoms with Crippen LogP contribution in [-0.2, 0) is 9.59 Å². The van der Waals surface area contributed by atoms with Gasteiger partial charge in [0.1, 0.15) is 17.1 Å². The molecule has 0 unspecified atom stereocenters. The van der Waals surface area contributed by atoms with Gasteiger partial charge in [0, 0.05) is 17.1 Å². The lowest BCUT2D eigenvalue weighted by Gasteiger charge is -2.27. The molecule has 0 bridgehead atoms. The van der Waals surface area contributed by atoms with Crippen molar-refractivity contribution in [3.05, 3.63) is 65.4 Å². The first kappa shape index (κ1) is 17.1. The van der Waals surface area contributed by atoms with Gasteiger partial charge in [-0.15, -0.1) is 6.58 Å². The number of furan rings is 1. The molecule has 1 aromatic carbocycles. The van der Waals surface area contributed by atoms with Crippen LogP contribution in [0.1, 0.15) is 5.76 Å². The molecule has 7 heteroatoms. The van der Waals surface area contributed by atoms with E-state index in [1.165, 1.54) is 17.1 Å². The zero-order valence-corrected chi connectivity index (χ0v) is 14.6. The molecule has 1 saturated heterocycles. The average Bonchev–Trinajstić information content (AvgIpc) is 3.05. The second-order valence-corrected chi connectivity index (χ2v) is 6.05. The molecule has 0 spiro atoms. The highest BCUT2D eigenvalue weighted by Crippen LogP contribution is 2.25. The Bertz CT molecular complexity index is 899. The van der Waals surface area contributed by atoms with E-state index in [0.717, 1.165) is 5.56 Å². The predicted molar refractivity (Wildman–Crippen MR) is 99.8 cm³/mol. The van der Waals surface area contributed by atoms with Crippen molar-refractivity contribution in [2.75, 3.05) is 6.54 Å². The van der Waals surface area contributed by atoms with E-state index >= 15 is 0 Å². The van der Waals surface area contributed by atoms with E-state index in [0.29, 0.717) is 16.5 Å². The molecule has 0 atom stereocenters. The van der Waals surface area contributed by atoms with Crippen molar-refractivity contribution in [2.45, 2.75) is 0 Å². The summed E-state index contributed by atoms with van der Waals surface area (Å²) in [5.41, 5.74) is 0.787. The quantitative estimate of drug-likeness (QED) is 0.386. The van der Waals surface area contributed by atoms with Crippen molar-refractivity contribution < 1.29 is 14.0 Å². The van der Waals surface area contributed by atoms with Gasteiger partial charge in [0.15, 0.2) is 5.11 Å². The van der Waals surface area contributed by atoms with E-state index in [2.05, 4.69) is 11.9 Å². The Kier molecular flexibility index (Phi) is 4.83. The third-order valence-electron chi connectivity index (χ3n) is 3.54. The van der Waals surface area contributed by atoms with Crippen LogP contribution in [0.25, 0.3) is 17.4 Å². The van der Waals surface area contributed by atoms with Crippen LogP contribution < -0.4 is 5.32 Å². The van der Waals surface area contributed by atoms with E-state index in [-0.39, 0.29) is 17.2 Å². The van der Waals surface area contributed by atoms with E-state index in [1.54, 1.807) is 24.3 Å². The Hall–Kier alpha value is -2.70. The Morgan fingerprint density at radius 2 is 1.92 bits per heavy atom. The summed E-state index contributed by atoms with van der Waals surface area (Å²) < 4.78 is 5.71. The van der Waals surface area contributed by atoms with Gasteiger partial charge >= 0.3 is 0 Å². The fourth-order valence-corrected chi connectivity index (χ4v) is 2.71. The van der Waals surface area contributed by atoms with Crippen LogP contribution in [0, 0.1) is 0 Å². The summed E-state index contributed by atoms with van der Waals surface area (Å²) in [5, 5.41) is 3.17. The molecular formula is C18H13ClN2O3S. The summed E-state index contributed by atoms with van der Waals surface area (Å²) >= 11 is 10.9. The number of thiocarbonyl (C=S) groups is 1. The van der Waals surface area contributed by atoms with Gasteiger partial charge in [0.25, 0.3) is 11.8 Å². The number of hydrogen-bond acceptors (Lipinski definition) is 4. The van der Waals surface area contributed by atoms with E-state index in [4.69, 9.17) is 28.2 Å². The van der Waals surface area contributed by atoms with Crippen molar-refractivity contribution >= 4 is 46.8 Å². The molecule has 1 N–H and O–H groups in total. The summed E-state index contributed by atoms with van der Waals surface area (Å²) in [6.07, 6.45) is 2.93. The van der Waals surface area contributed by atoms with Gasteiger partial charge in [-0.2, -0.15) is 0 Å². The molecule has 0 saturated carbocycles. The SMILES string of the molecule is C=CCN1C(=O)/C(=C/c2ccc(-c3ccc(Cl)cc3)o2)C(=O)NC1=S. The smallest absolute Gasteiger partial charge is 0.266 e. The number of rotatable bonds is 4. The molecule has 0 aliphatic carbocycles. The number of carbonyl (C=O) groups excluding carboxylic acids is 2. The first-order chi connectivity index (χ1) is 12.0. The minimum Gasteiger partial charge on any atom is -0.457 e.